The zero-order valence-corrected chi connectivity index (χ0v) is 18.5. The molecule has 1 unspecified atom stereocenters. The molecular weight excluding hydrogens is 396 g/mol. The van der Waals surface area contributed by atoms with Gasteiger partial charge in [-0.15, -0.1) is 0 Å². The molecule has 1 N–H and O–H groups in total. The van der Waals surface area contributed by atoms with Crippen LogP contribution in [-0.2, 0) is 9.59 Å². The van der Waals surface area contributed by atoms with Gasteiger partial charge in [0.2, 0.25) is 0 Å². The minimum atomic E-state index is -0.777. The maximum absolute atomic E-state index is 13.1. The number of benzene rings is 2. The number of ether oxygens (including phenoxy) is 2. The standard InChI is InChI=1S/C24H28N2O5/c1-15-10-11-19(31-5)17(14-15)22(27)20-21(16-8-6-7-9-18(16)30-4)26(13-12-25(2)3)24(29)23(20)28/h6-11,14,21,27H,12-13H2,1-5H3/b22-20+. The minimum absolute atomic E-state index is 0.0251. The van der Waals surface area contributed by atoms with E-state index in [1.165, 1.54) is 19.1 Å². The van der Waals surface area contributed by atoms with E-state index in [-0.39, 0.29) is 11.3 Å². The van der Waals surface area contributed by atoms with Gasteiger partial charge in [0, 0.05) is 18.7 Å². The van der Waals surface area contributed by atoms with E-state index in [1.54, 1.807) is 24.3 Å². The number of hydrogen-bond donors (Lipinski definition) is 1. The van der Waals surface area contributed by atoms with Gasteiger partial charge in [-0.1, -0.05) is 29.8 Å². The lowest BCUT2D eigenvalue weighted by Gasteiger charge is -2.27. The molecule has 0 aliphatic carbocycles. The summed E-state index contributed by atoms with van der Waals surface area (Å²) in [6.45, 7) is 2.76. The fraction of sp³-hybridized carbons (Fsp3) is 0.333. The Bertz CT molecular complexity index is 1030. The number of ketones is 1. The van der Waals surface area contributed by atoms with Crippen molar-refractivity contribution in [3.63, 3.8) is 0 Å². The summed E-state index contributed by atoms with van der Waals surface area (Å²) < 4.78 is 10.9. The number of nitrogens with zero attached hydrogens (tertiary/aromatic N) is 2. The first-order valence-electron chi connectivity index (χ1n) is 10.0. The van der Waals surface area contributed by atoms with Crippen LogP contribution in [0.3, 0.4) is 0 Å². The molecule has 0 bridgehead atoms. The molecule has 1 saturated heterocycles. The molecular formula is C24H28N2O5. The maximum Gasteiger partial charge on any atom is 0.295 e. The lowest BCUT2D eigenvalue weighted by atomic mass is 9.94. The number of carbonyl (C=O) groups is 2. The number of likely N-dealkylation sites (tertiary alicyclic amines) is 1. The largest absolute Gasteiger partial charge is 0.507 e. The van der Waals surface area contributed by atoms with Crippen molar-refractivity contribution in [2.24, 2.45) is 0 Å². The molecule has 7 heteroatoms. The van der Waals surface area contributed by atoms with Gasteiger partial charge in [0.1, 0.15) is 17.3 Å². The number of aliphatic hydroxyl groups is 1. The highest BCUT2D eigenvalue weighted by molar-refractivity contribution is 6.46. The summed E-state index contributed by atoms with van der Waals surface area (Å²) in [6.07, 6.45) is 0. The highest BCUT2D eigenvalue weighted by Gasteiger charge is 2.47. The number of rotatable bonds is 7. The van der Waals surface area contributed by atoms with Crippen LogP contribution in [0, 0.1) is 6.92 Å². The van der Waals surface area contributed by atoms with Crippen molar-refractivity contribution >= 4 is 17.4 Å². The van der Waals surface area contributed by atoms with E-state index >= 15 is 0 Å². The molecule has 3 rings (SSSR count). The molecule has 2 aromatic rings. The van der Waals surface area contributed by atoms with Crippen LogP contribution in [0.15, 0.2) is 48.0 Å². The second-order valence-corrected chi connectivity index (χ2v) is 7.74. The number of methoxy groups -OCH3 is 2. The highest BCUT2D eigenvalue weighted by Crippen LogP contribution is 2.43. The third-order valence-electron chi connectivity index (χ3n) is 5.37. The lowest BCUT2D eigenvalue weighted by Crippen LogP contribution is -2.35. The van der Waals surface area contributed by atoms with Crippen molar-refractivity contribution < 1.29 is 24.2 Å². The van der Waals surface area contributed by atoms with Gasteiger partial charge in [-0.3, -0.25) is 9.59 Å². The minimum Gasteiger partial charge on any atom is -0.507 e. The molecule has 31 heavy (non-hydrogen) atoms. The molecule has 0 radical (unpaired) electrons. The van der Waals surface area contributed by atoms with Crippen LogP contribution < -0.4 is 9.47 Å². The summed E-state index contributed by atoms with van der Waals surface area (Å²) in [6, 6.07) is 11.7. The van der Waals surface area contributed by atoms with E-state index in [0.29, 0.717) is 35.7 Å². The summed E-state index contributed by atoms with van der Waals surface area (Å²) in [7, 11) is 6.82. The summed E-state index contributed by atoms with van der Waals surface area (Å²) in [5.41, 5.74) is 1.92. The third kappa shape index (κ3) is 4.27. The average Bonchev–Trinajstić information content (AvgIpc) is 3.01. The van der Waals surface area contributed by atoms with Gasteiger partial charge in [-0.2, -0.15) is 0 Å². The summed E-state index contributed by atoms with van der Waals surface area (Å²) in [5, 5.41) is 11.3. The Morgan fingerprint density at radius 1 is 1.06 bits per heavy atom. The predicted octanol–water partition coefficient (Wildman–Crippen LogP) is 3.00. The number of aryl methyl sites for hydroxylation is 1. The van der Waals surface area contributed by atoms with Crippen LogP contribution in [-0.4, -0.2) is 68.0 Å². The van der Waals surface area contributed by atoms with Crippen molar-refractivity contribution in [3.05, 3.63) is 64.7 Å². The zero-order chi connectivity index (χ0) is 22.7. The number of amides is 1. The van der Waals surface area contributed by atoms with E-state index in [9.17, 15) is 14.7 Å². The fourth-order valence-electron chi connectivity index (χ4n) is 3.79. The molecule has 1 heterocycles. The highest BCUT2D eigenvalue weighted by atomic mass is 16.5. The SMILES string of the molecule is COc1ccc(C)cc1/C(O)=C1\C(=O)C(=O)N(CCN(C)C)C1c1ccccc1OC. The molecule has 1 amide bonds. The van der Waals surface area contributed by atoms with Crippen LogP contribution in [0.4, 0.5) is 0 Å². The van der Waals surface area contributed by atoms with E-state index in [2.05, 4.69) is 0 Å². The smallest absolute Gasteiger partial charge is 0.295 e. The molecule has 1 aliphatic rings. The van der Waals surface area contributed by atoms with Crippen LogP contribution in [0.25, 0.3) is 5.76 Å². The van der Waals surface area contributed by atoms with Crippen molar-refractivity contribution in [3.8, 4) is 11.5 Å². The van der Waals surface area contributed by atoms with Gasteiger partial charge < -0.3 is 24.4 Å². The molecule has 2 aromatic carbocycles. The van der Waals surface area contributed by atoms with E-state index in [0.717, 1.165) is 5.56 Å². The van der Waals surface area contributed by atoms with E-state index in [4.69, 9.17) is 9.47 Å². The number of hydrogen-bond acceptors (Lipinski definition) is 6. The number of aliphatic hydroxyl groups excluding tert-OH is 1. The topological polar surface area (TPSA) is 79.3 Å². The Morgan fingerprint density at radius 3 is 2.39 bits per heavy atom. The Hall–Kier alpha value is -3.32. The van der Waals surface area contributed by atoms with Gasteiger partial charge in [0.05, 0.1) is 31.4 Å². The van der Waals surface area contributed by atoms with Crippen LogP contribution >= 0.6 is 0 Å². The van der Waals surface area contributed by atoms with Crippen molar-refractivity contribution in [1.82, 2.24) is 9.80 Å². The van der Waals surface area contributed by atoms with Crippen LogP contribution in [0.1, 0.15) is 22.7 Å². The van der Waals surface area contributed by atoms with Gasteiger partial charge in [-0.25, -0.2) is 0 Å². The van der Waals surface area contributed by atoms with Crippen LogP contribution in [0.5, 0.6) is 11.5 Å². The van der Waals surface area contributed by atoms with E-state index in [1.807, 2.05) is 44.1 Å². The summed E-state index contributed by atoms with van der Waals surface area (Å²) >= 11 is 0. The second-order valence-electron chi connectivity index (χ2n) is 7.74. The maximum atomic E-state index is 13.1. The van der Waals surface area contributed by atoms with Gasteiger partial charge in [0.15, 0.2) is 0 Å². The Kier molecular flexibility index (Phi) is 6.65. The number of Topliss-reactive ketones (excluding diaryl/α,β-unsaturated/α-hetero) is 1. The molecule has 1 aliphatic heterocycles. The van der Waals surface area contributed by atoms with Gasteiger partial charge in [0.25, 0.3) is 11.7 Å². The van der Waals surface area contributed by atoms with Crippen molar-refractivity contribution in [2.75, 3.05) is 41.4 Å². The summed E-state index contributed by atoms with van der Waals surface area (Å²) in [5.74, 6) is -0.684. The molecule has 164 valence electrons. The lowest BCUT2D eigenvalue weighted by molar-refractivity contribution is -0.140. The third-order valence-corrected chi connectivity index (χ3v) is 5.37. The quantitative estimate of drug-likeness (QED) is 0.418. The fourth-order valence-corrected chi connectivity index (χ4v) is 3.79. The molecule has 7 nitrogen and oxygen atoms in total. The summed E-state index contributed by atoms with van der Waals surface area (Å²) in [4.78, 5) is 29.6. The second kappa shape index (κ2) is 9.22. The van der Waals surface area contributed by atoms with Crippen LogP contribution in [0.2, 0.25) is 0 Å². The molecule has 1 atom stereocenters. The Morgan fingerprint density at radius 2 is 1.74 bits per heavy atom. The number of likely N-dealkylation sites (N-methyl/N-ethyl adjacent to an activating group) is 1. The first-order chi connectivity index (χ1) is 14.8. The first-order valence-corrected chi connectivity index (χ1v) is 10.0. The number of carbonyl (C=O) groups excluding carboxylic acids is 2. The Balaban J connectivity index is 2.25. The van der Waals surface area contributed by atoms with Crippen molar-refractivity contribution in [2.45, 2.75) is 13.0 Å². The van der Waals surface area contributed by atoms with Crippen molar-refractivity contribution in [1.29, 1.82) is 0 Å². The predicted molar refractivity (Wildman–Crippen MR) is 118 cm³/mol. The monoisotopic (exact) mass is 424 g/mol. The zero-order valence-electron chi connectivity index (χ0n) is 18.5. The first kappa shape index (κ1) is 22.4. The average molecular weight is 424 g/mol. The normalized spacial score (nSPS) is 18.0. The van der Waals surface area contributed by atoms with Gasteiger partial charge >= 0.3 is 0 Å². The molecule has 0 saturated carbocycles. The van der Waals surface area contributed by atoms with E-state index < -0.39 is 17.7 Å². The molecule has 1 fully saturated rings. The Labute approximate surface area is 182 Å². The van der Waals surface area contributed by atoms with Gasteiger partial charge in [-0.05, 0) is 39.2 Å². The number of para-hydroxylation sites is 1. The molecule has 0 aromatic heterocycles. The molecule has 0 spiro atoms.